The number of likely N-dealkylation sites (tertiary alicyclic amines) is 1. The van der Waals surface area contributed by atoms with Gasteiger partial charge in [0.2, 0.25) is 0 Å². The lowest BCUT2D eigenvalue weighted by molar-refractivity contribution is -0.137. The predicted octanol–water partition coefficient (Wildman–Crippen LogP) is 3.13. The molecule has 0 saturated carbocycles. The van der Waals surface area contributed by atoms with Gasteiger partial charge in [-0.05, 0) is 56.0 Å². The monoisotopic (exact) mass is 301 g/mol. The van der Waals surface area contributed by atoms with Crippen LogP contribution in [0.5, 0.6) is 0 Å². The molecule has 5 nitrogen and oxygen atoms in total. The Hall–Kier alpha value is -2.30. The third-order valence-electron chi connectivity index (χ3n) is 4.39. The van der Waals surface area contributed by atoms with Crippen molar-refractivity contribution >= 4 is 22.8 Å². The fraction of sp³-hybridized carbons (Fsp3) is 0.412. The maximum atomic E-state index is 12.6. The lowest BCUT2D eigenvalue weighted by Crippen LogP contribution is -2.36. The molecule has 1 amide bonds. The van der Waals surface area contributed by atoms with E-state index in [1.807, 2.05) is 26.0 Å². The number of carboxylic acid groups (broad SMARTS) is 1. The number of aliphatic carboxylic acids is 1. The third-order valence-corrected chi connectivity index (χ3v) is 4.39. The van der Waals surface area contributed by atoms with E-state index in [0.29, 0.717) is 12.1 Å². The summed E-state index contributed by atoms with van der Waals surface area (Å²) in [6.07, 6.45) is 1.56. The Balaban J connectivity index is 1.90. The number of fused-ring (bicyclic) bond motifs is 1. The Morgan fingerprint density at radius 3 is 2.73 bits per heavy atom. The largest absolute Gasteiger partial charge is 0.481 e. The van der Waals surface area contributed by atoms with E-state index in [4.69, 9.17) is 9.52 Å². The van der Waals surface area contributed by atoms with Crippen LogP contribution in [0.1, 0.15) is 40.9 Å². The van der Waals surface area contributed by atoms with Gasteiger partial charge in [0, 0.05) is 18.0 Å². The quantitative estimate of drug-likeness (QED) is 0.945. The number of furan rings is 1. The van der Waals surface area contributed by atoms with Crippen LogP contribution in [0.2, 0.25) is 0 Å². The van der Waals surface area contributed by atoms with E-state index in [1.54, 1.807) is 11.0 Å². The number of benzene rings is 1. The lowest BCUT2D eigenvalue weighted by Gasteiger charge is -2.22. The highest BCUT2D eigenvalue weighted by atomic mass is 16.4. The van der Waals surface area contributed by atoms with Crippen molar-refractivity contribution in [3.05, 3.63) is 35.1 Å². The molecule has 1 unspecified atom stereocenters. The number of carbonyl (C=O) groups excluding carboxylic acids is 1. The highest BCUT2D eigenvalue weighted by molar-refractivity contribution is 5.96. The van der Waals surface area contributed by atoms with Gasteiger partial charge in [-0.15, -0.1) is 0 Å². The topological polar surface area (TPSA) is 70.8 Å². The molecule has 3 rings (SSSR count). The second kappa shape index (κ2) is 5.48. The van der Waals surface area contributed by atoms with Gasteiger partial charge in [-0.2, -0.15) is 0 Å². The summed E-state index contributed by atoms with van der Waals surface area (Å²) in [5.74, 6) is -0.798. The standard InChI is InChI=1S/C17H19NO4/c1-10-6-12-8-15(22-14(12)7-11(10)2)17(21)18-5-3-4-13(18)9-16(19)20/h6-8,13H,3-5,9H2,1-2H3,(H,19,20). The molecule has 1 aliphatic rings. The number of hydrogen-bond acceptors (Lipinski definition) is 3. The first-order valence-corrected chi connectivity index (χ1v) is 7.49. The molecule has 0 spiro atoms. The Labute approximate surface area is 128 Å². The maximum absolute atomic E-state index is 12.6. The zero-order chi connectivity index (χ0) is 15.9. The first-order valence-electron chi connectivity index (χ1n) is 7.49. The van der Waals surface area contributed by atoms with Crippen LogP contribution in [0, 0.1) is 13.8 Å². The van der Waals surface area contributed by atoms with E-state index in [9.17, 15) is 9.59 Å². The van der Waals surface area contributed by atoms with E-state index in [0.717, 1.165) is 29.4 Å². The summed E-state index contributed by atoms with van der Waals surface area (Å²) in [7, 11) is 0. The van der Waals surface area contributed by atoms with Crippen molar-refractivity contribution in [2.24, 2.45) is 0 Å². The minimum Gasteiger partial charge on any atom is -0.481 e. The Morgan fingerprint density at radius 2 is 2.00 bits per heavy atom. The molecule has 0 radical (unpaired) electrons. The van der Waals surface area contributed by atoms with Crippen molar-refractivity contribution < 1.29 is 19.1 Å². The van der Waals surface area contributed by atoms with Crippen molar-refractivity contribution in [1.29, 1.82) is 0 Å². The van der Waals surface area contributed by atoms with Crippen molar-refractivity contribution in [1.82, 2.24) is 4.90 Å². The fourth-order valence-corrected chi connectivity index (χ4v) is 3.07. The van der Waals surface area contributed by atoms with Crippen molar-refractivity contribution in [2.45, 2.75) is 39.2 Å². The van der Waals surface area contributed by atoms with Gasteiger partial charge < -0.3 is 14.4 Å². The normalized spacial score (nSPS) is 18.1. The number of rotatable bonds is 3. The fourth-order valence-electron chi connectivity index (χ4n) is 3.07. The van der Waals surface area contributed by atoms with Crippen LogP contribution in [0.25, 0.3) is 11.0 Å². The van der Waals surface area contributed by atoms with E-state index in [2.05, 4.69) is 0 Å². The average molecular weight is 301 g/mol. The predicted molar refractivity (Wildman–Crippen MR) is 82.0 cm³/mol. The zero-order valence-corrected chi connectivity index (χ0v) is 12.8. The Morgan fingerprint density at radius 1 is 1.27 bits per heavy atom. The molecule has 116 valence electrons. The van der Waals surface area contributed by atoms with Gasteiger partial charge in [-0.25, -0.2) is 0 Å². The molecule has 1 fully saturated rings. The van der Waals surface area contributed by atoms with E-state index in [1.165, 1.54) is 0 Å². The first kappa shape index (κ1) is 14.6. The third kappa shape index (κ3) is 2.58. The van der Waals surface area contributed by atoms with Crippen LogP contribution in [0.3, 0.4) is 0 Å². The molecule has 2 heterocycles. The number of amides is 1. The summed E-state index contributed by atoms with van der Waals surface area (Å²) in [6, 6.07) is 5.45. The molecule has 1 aromatic carbocycles. The van der Waals surface area contributed by atoms with Crippen molar-refractivity contribution in [3.63, 3.8) is 0 Å². The van der Waals surface area contributed by atoms with Gasteiger partial charge in [-0.3, -0.25) is 9.59 Å². The smallest absolute Gasteiger partial charge is 0.305 e. The van der Waals surface area contributed by atoms with Crippen molar-refractivity contribution in [2.75, 3.05) is 6.54 Å². The minimum absolute atomic E-state index is 0.00974. The average Bonchev–Trinajstić information content (AvgIpc) is 3.04. The number of aryl methyl sites for hydroxylation is 2. The molecule has 1 saturated heterocycles. The van der Waals surface area contributed by atoms with Gasteiger partial charge in [0.1, 0.15) is 5.58 Å². The van der Waals surface area contributed by atoms with Crippen LogP contribution in [0.4, 0.5) is 0 Å². The summed E-state index contributed by atoms with van der Waals surface area (Å²) in [4.78, 5) is 25.2. The highest BCUT2D eigenvalue weighted by Gasteiger charge is 2.32. The molecule has 2 aromatic rings. The molecule has 5 heteroatoms. The summed E-state index contributed by atoms with van der Waals surface area (Å²) in [5, 5.41) is 9.86. The van der Waals surface area contributed by atoms with Crippen LogP contribution in [-0.4, -0.2) is 34.5 Å². The highest BCUT2D eigenvalue weighted by Crippen LogP contribution is 2.27. The SMILES string of the molecule is Cc1cc2cc(C(=O)N3CCCC3CC(=O)O)oc2cc1C. The molecular weight excluding hydrogens is 282 g/mol. The summed E-state index contributed by atoms with van der Waals surface area (Å²) in [6.45, 7) is 4.61. The number of carboxylic acids is 1. The van der Waals surface area contributed by atoms with Crippen LogP contribution in [0.15, 0.2) is 22.6 Å². The number of carbonyl (C=O) groups is 2. The molecule has 1 N–H and O–H groups in total. The number of nitrogens with zero attached hydrogens (tertiary/aromatic N) is 1. The first-order chi connectivity index (χ1) is 10.5. The van der Waals surface area contributed by atoms with E-state index >= 15 is 0 Å². The molecule has 1 aliphatic heterocycles. The minimum atomic E-state index is -0.874. The van der Waals surface area contributed by atoms with E-state index in [-0.39, 0.29) is 24.1 Å². The van der Waals surface area contributed by atoms with Crippen LogP contribution >= 0.6 is 0 Å². The van der Waals surface area contributed by atoms with Crippen LogP contribution < -0.4 is 0 Å². The maximum Gasteiger partial charge on any atom is 0.305 e. The van der Waals surface area contributed by atoms with Gasteiger partial charge in [0.25, 0.3) is 5.91 Å². The summed E-state index contributed by atoms with van der Waals surface area (Å²) < 4.78 is 5.69. The van der Waals surface area contributed by atoms with Gasteiger partial charge >= 0.3 is 5.97 Å². The van der Waals surface area contributed by atoms with Gasteiger partial charge in [-0.1, -0.05) is 0 Å². The molecular formula is C17H19NO4. The Bertz CT molecular complexity index is 707. The Kier molecular flexibility index (Phi) is 3.64. The van der Waals surface area contributed by atoms with Crippen LogP contribution in [-0.2, 0) is 4.79 Å². The number of hydrogen-bond donors (Lipinski definition) is 1. The molecule has 1 atom stereocenters. The molecule has 1 aromatic heterocycles. The summed E-state index contributed by atoms with van der Waals surface area (Å²) in [5.41, 5.74) is 2.96. The van der Waals surface area contributed by atoms with Crippen molar-refractivity contribution in [3.8, 4) is 0 Å². The zero-order valence-electron chi connectivity index (χ0n) is 12.8. The van der Waals surface area contributed by atoms with E-state index < -0.39 is 5.97 Å². The van der Waals surface area contributed by atoms with Gasteiger partial charge in [0.15, 0.2) is 5.76 Å². The summed E-state index contributed by atoms with van der Waals surface area (Å²) >= 11 is 0. The lowest BCUT2D eigenvalue weighted by atomic mass is 10.1. The molecule has 0 bridgehead atoms. The second-order valence-corrected chi connectivity index (χ2v) is 5.98. The second-order valence-electron chi connectivity index (χ2n) is 5.98. The van der Waals surface area contributed by atoms with Gasteiger partial charge in [0.05, 0.1) is 6.42 Å². The molecule has 22 heavy (non-hydrogen) atoms. The molecule has 0 aliphatic carbocycles.